The van der Waals surface area contributed by atoms with Gasteiger partial charge in [0.1, 0.15) is 15.7 Å². The molecule has 3 rings (SSSR count). The van der Waals surface area contributed by atoms with Crippen LogP contribution in [0.25, 0.3) is 22.3 Å². The van der Waals surface area contributed by atoms with Crippen molar-refractivity contribution in [2.45, 2.75) is 0 Å². The molecule has 0 atom stereocenters. The van der Waals surface area contributed by atoms with Crippen LogP contribution in [-0.4, -0.2) is 15.7 Å². The SMILES string of the molecule is [B]c1cccc(-c2cccc(-c3cccc([B])c3)c2)c1. The molecule has 0 aromatic heterocycles. The summed E-state index contributed by atoms with van der Waals surface area (Å²) >= 11 is 0. The Labute approximate surface area is 122 Å². The second kappa shape index (κ2) is 5.42. The highest BCUT2D eigenvalue weighted by Crippen LogP contribution is 2.25. The number of benzene rings is 3. The van der Waals surface area contributed by atoms with Crippen LogP contribution in [0.1, 0.15) is 0 Å². The molecule has 0 bridgehead atoms. The molecule has 0 fully saturated rings. The highest BCUT2D eigenvalue weighted by Gasteiger charge is 2.02. The summed E-state index contributed by atoms with van der Waals surface area (Å²) < 4.78 is 0. The van der Waals surface area contributed by atoms with Crippen molar-refractivity contribution in [3.63, 3.8) is 0 Å². The second-order valence-corrected chi connectivity index (χ2v) is 4.83. The third-order valence-corrected chi connectivity index (χ3v) is 3.30. The van der Waals surface area contributed by atoms with Gasteiger partial charge in [0.25, 0.3) is 0 Å². The van der Waals surface area contributed by atoms with Gasteiger partial charge in [-0.2, -0.15) is 0 Å². The van der Waals surface area contributed by atoms with Gasteiger partial charge in [-0.25, -0.2) is 0 Å². The summed E-state index contributed by atoms with van der Waals surface area (Å²) in [6.07, 6.45) is 0. The van der Waals surface area contributed by atoms with Gasteiger partial charge in [-0.3, -0.25) is 0 Å². The number of rotatable bonds is 2. The molecule has 0 spiro atoms. The third-order valence-electron chi connectivity index (χ3n) is 3.30. The zero-order valence-corrected chi connectivity index (χ0v) is 11.1. The van der Waals surface area contributed by atoms with E-state index in [0.717, 1.165) is 33.2 Å². The zero-order chi connectivity index (χ0) is 13.9. The summed E-state index contributed by atoms with van der Waals surface area (Å²) in [7, 11) is 11.7. The molecule has 20 heavy (non-hydrogen) atoms. The molecule has 0 amide bonds. The molecule has 0 N–H and O–H groups in total. The zero-order valence-electron chi connectivity index (χ0n) is 11.1. The van der Waals surface area contributed by atoms with Crippen LogP contribution in [-0.2, 0) is 0 Å². The predicted octanol–water partition coefficient (Wildman–Crippen LogP) is 2.61. The summed E-state index contributed by atoms with van der Waals surface area (Å²) in [5, 5.41) is 0. The summed E-state index contributed by atoms with van der Waals surface area (Å²) in [6, 6.07) is 24.2. The lowest BCUT2D eigenvalue weighted by Crippen LogP contribution is -2.01. The Hall–Kier alpha value is -2.21. The molecule has 0 nitrogen and oxygen atoms in total. The van der Waals surface area contributed by atoms with E-state index in [4.69, 9.17) is 15.7 Å². The van der Waals surface area contributed by atoms with E-state index in [2.05, 4.69) is 36.4 Å². The fourth-order valence-electron chi connectivity index (χ4n) is 2.31. The first kappa shape index (κ1) is 12.8. The van der Waals surface area contributed by atoms with Crippen LogP contribution in [0.5, 0.6) is 0 Å². The van der Waals surface area contributed by atoms with Crippen LogP contribution in [0.15, 0.2) is 72.8 Å². The van der Waals surface area contributed by atoms with E-state index in [1.165, 1.54) is 0 Å². The van der Waals surface area contributed by atoms with Gasteiger partial charge in [0.2, 0.25) is 0 Å². The normalized spacial score (nSPS) is 10.4. The van der Waals surface area contributed by atoms with E-state index in [0.29, 0.717) is 0 Å². The maximum absolute atomic E-state index is 5.85. The van der Waals surface area contributed by atoms with Crippen LogP contribution >= 0.6 is 0 Å². The molecule has 0 saturated heterocycles. The first-order valence-electron chi connectivity index (χ1n) is 6.54. The Morgan fingerprint density at radius 3 is 1.20 bits per heavy atom. The molecule has 3 aromatic carbocycles. The van der Waals surface area contributed by atoms with E-state index >= 15 is 0 Å². The second-order valence-electron chi connectivity index (χ2n) is 4.83. The van der Waals surface area contributed by atoms with Gasteiger partial charge < -0.3 is 0 Å². The van der Waals surface area contributed by atoms with E-state index in [9.17, 15) is 0 Å². The van der Waals surface area contributed by atoms with Crippen molar-refractivity contribution < 1.29 is 0 Å². The molecule has 0 saturated carbocycles. The van der Waals surface area contributed by atoms with Crippen molar-refractivity contribution in [1.82, 2.24) is 0 Å². The van der Waals surface area contributed by atoms with Crippen LogP contribution < -0.4 is 10.9 Å². The highest BCUT2D eigenvalue weighted by atomic mass is 14.1. The predicted molar refractivity (Wildman–Crippen MR) is 88.1 cm³/mol. The van der Waals surface area contributed by atoms with Crippen LogP contribution in [0.4, 0.5) is 0 Å². The molecule has 0 unspecified atom stereocenters. The van der Waals surface area contributed by atoms with Gasteiger partial charge in [0.05, 0.1) is 0 Å². The van der Waals surface area contributed by atoms with Gasteiger partial charge in [0.15, 0.2) is 0 Å². The fraction of sp³-hybridized carbons (Fsp3) is 0. The van der Waals surface area contributed by atoms with Crippen molar-refractivity contribution in [1.29, 1.82) is 0 Å². The van der Waals surface area contributed by atoms with E-state index in [-0.39, 0.29) is 0 Å². The average molecular weight is 250 g/mol. The van der Waals surface area contributed by atoms with Crippen LogP contribution in [0, 0.1) is 0 Å². The van der Waals surface area contributed by atoms with Gasteiger partial charge >= 0.3 is 0 Å². The molecular weight excluding hydrogens is 238 g/mol. The standard InChI is InChI=1S/C18H12B2/c19-17-8-2-6-15(11-17)13-4-1-5-14(10-13)16-7-3-9-18(20)12-16/h1-12H. The molecule has 0 aliphatic rings. The van der Waals surface area contributed by atoms with Crippen molar-refractivity contribution in [2.24, 2.45) is 0 Å². The lowest BCUT2D eigenvalue weighted by Gasteiger charge is -2.07. The Balaban J connectivity index is 2.06. The molecule has 0 aliphatic carbocycles. The average Bonchev–Trinajstić information content (AvgIpc) is 2.47. The monoisotopic (exact) mass is 250 g/mol. The smallest absolute Gasteiger partial charge is 0.0961 e. The van der Waals surface area contributed by atoms with Crippen molar-refractivity contribution in [3.05, 3.63) is 72.8 Å². The summed E-state index contributed by atoms with van der Waals surface area (Å²) in [5.41, 5.74) is 6.09. The molecule has 2 heteroatoms. The molecular formula is C18H12B2. The Morgan fingerprint density at radius 2 is 0.800 bits per heavy atom. The highest BCUT2D eigenvalue weighted by molar-refractivity contribution is 6.33. The van der Waals surface area contributed by atoms with Crippen LogP contribution in [0.2, 0.25) is 0 Å². The number of hydrogen-bond donors (Lipinski definition) is 0. The first-order valence-corrected chi connectivity index (χ1v) is 6.54. The van der Waals surface area contributed by atoms with Crippen LogP contribution in [0.3, 0.4) is 0 Å². The maximum Gasteiger partial charge on any atom is 0.113 e. The molecule has 0 heterocycles. The summed E-state index contributed by atoms with van der Waals surface area (Å²) in [5.74, 6) is 0. The number of hydrogen-bond acceptors (Lipinski definition) is 0. The maximum atomic E-state index is 5.85. The largest absolute Gasteiger partial charge is 0.113 e. The third kappa shape index (κ3) is 2.70. The Kier molecular flexibility index (Phi) is 3.47. The molecule has 0 aliphatic heterocycles. The minimum Gasteiger partial charge on any atom is -0.0961 e. The van der Waals surface area contributed by atoms with E-state index < -0.39 is 0 Å². The topological polar surface area (TPSA) is 0 Å². The van der Waals surface area contributed by atoms with Gasteiger partial charge in [-0.05, 0) is 28.3 Å². The van der Waals surface area contributed by atoms with E-state index in [1.807, 2.05) is 36.4 Å². The first-order chi connectivity index (χ1) is 9.72. The lowest BCUT2D eigenvalue weighted by molar-refractivity contribution is 1.61. The molecule has 4 radical (unpaired) electrons. The molecule has 3 aromatic rings. The summed E-state index contributed by atoms with van der Waals surface area (Å²) in [4.78, 5) is 0. The van der Waals surface area contributed by atoms with Gasteiger partial charge in [-0.15, -0.1) is 0 Å². The van der Waals surface area contributed by atoms with E-state index in [1.54, 1.807) is 0 Å². The Morgan fingerprint density at radius 1 is 0.450 bits per heavy atom. The van der Waals surface area contributed by atoms with Crippen molar-refractivity contribution >= 4 is 26.6 Å². The molecule has 90 valence electrons. The quantitative estimate of drug-likeness (QED) is 0.613. The minimum atomic E-state index is 0.775. The Bertz CT molecular complexity index is 687. The lowest BCUT2D eigenvalue weighted by atomic mass is 9.90. The van der Waals surface area contributed by atoms with Gasteiger partial charge in [0, 0.05) is 0 Å². The fourth-order valence-corrected chi connectivity index (χ4v) is 2.31. The van der Waals surface area contributed by atoms with Crippen molar-refractivity contribution in [2.75, 3.05) is 0 Å². The minimum absolute atomic E-state index is 0.775. The van der Waals surface area contributed by atoms with Gasteiger partial charge in [-0.1, -0.05) is 77.7 Å². The van der Waals surface area contributed by atoms with Crippen molar-refractivity contribution in [3.8, 4) is 22.3 Å². The summed E-state index contributed by atoms with van der Waals surface area (Å²) in [6.45, 7) is 0.